The topological polar surface area (TPSA) is 65.5 Å². The van der Waals surface area contributed by atoms with Gasteiger partial charge in [0.25, 0.3) is 5.91 Å². The highest BCUT2D eigenvalue weighted by Gasteiger charge is 2.24. The second-order valence-corrected chi connectivity index (χ2v) is 7.12. The van der Waals surface area contributed by atoms with Crippen LogP contribution in [0.5, 0.6) is 0 Å². The quantitative estimate of drug-likeness (QED) is 0.910. The van der Waals surface area contributed by atoms with E-state index in [1.807, 2.05) is 56.0 Å². The minimum absolute atomic E-state index is 0.0375. The van der Waals surface area contributed by atoms with Crippen LogP contribution in [-0.4, -0.2) is 65.4 Å². The summed E-state index contributed by atoms with van der Waals surface area (Å²) >= 11 is 0. The Morgan fingerprint density at radius 3 is 2.54 bits per heavy atom. The number of hydrogen-bond donors (Lipinski definition) is 1. The molecule has 1 aromatic carbocycles. The first-order valence-electron chi connectivity index (χ1n) is 9.11. The third-order valence-corrected chi connectivity index (χ3v) is 4.55. The van der Waals surface area contributed by atoms with E-state index in [0.29, 0.717) is 38.3 Å². The van der Waals surface area contributed by atoms with Crippen LogP contribution in [0.15, 0.2) is 30.3 Å². The van der Waals surface area contributed by atoms with Crippen molar-refractivity contribution in [3.8, 4) is 0 Å². The molecule has 0 atom stereocenters. The number of hydrogen-bond acceptors (Lipinski definition) is 4. The molecule has 0 spiro atoms. The molecule has 1 fully saturated rings. The van der Waals surface area contributed by atoms with Crippen LogP contribution in [0.25, 0.3) is 10.9 Å². The van der Waals surface area contributed by atoms with E-state index in [1.54, 1.807) is 0 Å². The van der Waals surface area contributed by atoms with E-state index in [9.17, 15) is 9.59 Å². The molecule has 1 saturated heterocycles. The molecule has 1 aliphatic rings. The first-order valence-corrected chi connectivity index (χ1v) is 9.11. The molecule has 3 rings (SSSR count). The Kier molecular flexibility index (Phi) is 5.52. The number of carbonyl (C=O) groups excluding carboxylic acids is 2. The summed E-state index contributed by atoms with van der Waals surface area (Å²) in [7, 11) is 0. The van der Waals surface area contributed by atoms with Crippen molar-refractivity contribution in [2.45, 2.75) is 26.8 Å². The van der Waals surface area contributed by atoms with Crippen molar-refractivity contribution in [3.63, 3.8) is 0 Å². The average molecular weight is 354 g/mol. The lowest BCUT2D eigenvalue weighted by molar-refractivity contribution is -0.123. The van der Waals surface area contributed by atoms with Gasteiger partial charge in [-0.25, -0.2) is 0 Å². The Hall–Kier alpha value is -2.47. The van der Waals surface area contributed by atoms with Crippen molar-refractivity contribution in [3.05, 3.63) is 41.6 Å². The fourth-order valence-corrected chi connectivity index (χ4v) is 3.33. The van der Waals surface area contributed by atoms with E-state index in [-0.39, 0.29) is 17.9 Å². The summed E-state index contributed by atoms with van der Waals surface area (Å²) in [6.45, 7) is 8.88. The van der Waals surface area contributed by atoms with Gasteiger partial charge in [-0.05, 0) is 32.9 Å². The van der Waals surface area contributed by atoms with E-state index in [0.717, 1.165) is 16.6 Å². The number of nitrogens with one attached hydrogen (secondary N) is 1. The van der Waals surface area contributed by atoms with E-state index in [2.05, 4.69) is 15.2 Å². The molecule has 0 bridgehead atoms. The SMILES string of the molecule is Cc1cc(C(=O)N2CCN(CC(=O)NC(C)C)CC2)c2ccccc2n1. The molecule has 2 heterocycles. The highest BCUT2D eigenvalue weighted by Crippen LogP contribution is 2.20. The van der Waals surface area contributed by atoms with Gasteiger partial charge in [0.2, 0.25) is 5.91 Å². The Morgan fingerprint density at radius 1 is 1.15 bits per heavy atom. The minimum Gasteiger partial charge on any atom is -0.353 e. The summed E-state index contributed by atoms with van der Waals surface area (Å²) in [5.74, 6) is 0.0773. The number of fused-ring (bicyclic) bond motifs is 1. The van der Waals surface area contributed by atoms with Crippen molar-refractivity contribution in [1.82, 2.24) is 20.1 Å². The Labute approximate surface area is 154 Å². The van der Waals surface area contributed by atoms with Crippen molar-refractivity contribution < 1.29 is 9.59 Å². The minimum atomic E-state index is 0.0375. The van der Waals surface area contributed by atoms with Gasteiger partial charge in [0.15, 0.2) is 0 Å². The molecule has 0 aliphatic carbocycles. The van der Waals surface area contributed by atoms with Crippen LogP contribution < -0.4 is 5.32 Å². The lowest BCUT2D eigenvalue weighted by atomic mass is 10.1. The highest BCUT2D eigenvalue weighted by molar-refractivity contribution is 6.06. The van der Waals surface area contributed by atoms with Gasteiger partial charge in [-0.15, -0.1) is 0 Å². The van der Waals surface area contributed by atoms with Gasteiger partial charge in [0.05, 0.1) is 17.6 Å². The molecular formula is C20H26N4O2. The molecule has 1 N–H and O–H groups in total. The maximum absolute atomic E-state index is 13.0. The van der Waals surface area contributed by atoms with Gasteiger partial charge in [0.1, 0.15) is 0 Å². The number of piperazine rings is 1. The summed E-state index contributed by atoms with van der Waals surface area (Å²) in [6.07, 6.45) is 0. The second kappa shape index (κ2) is 7.83. The van der Waals surface area contributed by atoms with Gasteiger partial charge in [-0.3, -0.25) is 19.5 Å². The first-order chi connectivity index (χ1) is 12.4. The summed E-state index contributed by atoms with van der Waals surface area (Å²) in [5, 5.41) is 3.80. The standard InChI is InChI=1S/C20H26N4O2/c1-14(2)21-19(25)13-23-8-10-24(11-9-23)20(26)17-12-15(3)22-18-7-5-4-6-16(17)18/h4-7,12,14H,8-11,13H2,1-3H3,(H,21,25). The van der Waals surface area contributed by atoms with Crippen molar-refractivity contribution in [1.29, 1.82) is 0 Å². The molecule has 0 radical (unpaired) electrons. The maximum atomic E-state index is 13.0. The fraction of sp³-hybridized carbons (Fsp3) is 0.450. The van der Waals surface area contributed by atoms with Crippen LogP contribution in [0, 0.1) is 6.92 Å². The summed E-state index contributed by atoms with van der Waals surface area (Å²) in [6, 6.07) is 9.76. The zero-order chi connectivity index (χ0) is 18.7. The predicted molar refractivity (Wildman–Crippen MR) is 102 cm³/mol. The Balaban J connectivity index is 1.67. The number of benzene rings is 1. The maximum Gasteiger partial charge on any atom is 0.254 e. The van der Waals surface area contributed by atoms with E-state index in [4.69, 9.17) is 0 Å². The number of aryl methyl sites for hydroxylation is 1. The molecule has 0 saturated carbocycles. The van der Waals surface area contributed by atoms with Crippen LogP contribution in [0.3, 0.4) is 0 Å². The van der Waals surface area contributed by atoms with Crippen LogP contribution in [0.4, 0.5) is 0 Å². The molecule has 138 valence electrons. The van der Waals surface area contributed by atoms with Gasteiger partial charge in [0, 0.05) is 43.3 Å². The molecule has 2 amide bonds. The molecule has 1 aliphatic heterocycles. The van der Waals surface area contributed by atoms with Gasteiger partial charge < -0.3 is 10.2 Å². The van der Waals surface area contributed by atoms with E-state index >= 15 is 0 Å². The van der Waals surface area contributed by atoms with E-state index in [1.165, 1.54) is 0 Å². The first kappa shape index (κ1) is 18.3. The fourth-order valence-electron chi connectivity index (χ4n) is 3.33. The van der Waals surface area contributed by atoms with Crippen LogP contribution in [-0.2, 0) is 4.79 Å². The lowest BCUT2D eigenvalue weighted by Gasteiger charge is -2.34. The monoisotopic (exact) mass is 354 g/mol. The number of pyridine rings is 1. The zero-order valence-electron chi connectivity index (χ0n) is 15.7. The lowest BCUT2D eigenvalue weighted by Crippen LogP contribution is -2.51. The molecular weight excluding hydrogens is 328 g/mol. The smallest absolute Gasteiger partial charge is 0.254 e. The summed E-state index contributed by atoms with van der Waals surface area (Å²) in [5.41, 5.74) is 2.40. The van der Waals surface area contributed by atoms with Crippen molar-refractivity contribution in [2.24, 2.45) is 0 Å². The number of rotatable bonds is 4. The molecule has 1 aromatic heterocycles. The molecule has 6 heteroatoms. The third kappa shape index (κ3) is 4.19. The van der Waals surface area contributed by atoms with Crippen molar-refractivity contribution >= 4 is 22.7 Å². The average Bonchev–Trinajstić information content (AvgIpc) is 2.60. The van der Waals surface area contributed by atoms with Crippen LogP contribution >= 0.6 is 0 Å². The van der Waals surface area contributed by atoms with Gasteiger partial charge >= 0.3 is 0 Å². The van der Waals surface area contributed by atoms with Crippen LogP contribution in [0.1, 0.15) is 29.9 Å². The number of amides is 2. The molecule has 26 heavy (non-hydrogen) atoms. The van der Waals surface area contributed by atoms with Crippen molar-refractivity contribution in [2.75, 3.05) is 32.7 Å². The Morgan fingerprint density at radius 2 is 1.85 bits per heavy atom. The number of aromatic nitrogens is 1. The van der Waals surface area contributed by atoms with Gasteiger partial charge in [-0.2, -0.15) is 0 Å². The summed E-state index contributed by atoms with van der Waals surface area (Å²) < 4.78 is 0. The largest absolute Gasteiger partial charge is 0.353 e. The third-order valence-electron chi connectivity index (χ3n) is 4.55. The van der Waals surface area contributed by atoms with Crippen LogP contribution in [0.2, 0.25) is 0 Å². The van der Waals surface area contributed by atoms with Gasteiger partial charge in [-0.1, -0.05) is 18.2 Å². The number of nitrogens with zero attached hydrogens (tertiary/aromatic N) is 3. The predicted octanol–water partition coefficient (Wildman–Crippen LogP) is 1.83. The highest BCUT2D eigenvalue weighted by atomic mass is 16.2. The zero-order valence-corrected chi connectivity index (χ0v) is 15.7. The number of para-hydroxylation sites is 1. The normalized spacial score (nSPS) is 15.5. The summed E-state index contributed by atoms with van der Waals surface area (Å²) in [4.78, 5) is 33.4. The van der Waals surface area contributed by atoms with E-state index < -0.39 is 0 Å². The Bertz CT molecular complexity index is 811. The molecule has 0 unspecified atom stereocenters. The molecule has 2 aromatic rings. The molecule has 6 nitrogen and oxygen atoms in total. The number of carbonyl (C=O) groups is 2. The second-order valence-electron chi connectivity index (χ2n) is 7.12.